The predicted octanol–water partition coefficient (Wildman–Crippen LogP) is 5.14. The molecule has 0 rings (SSSR count). The van der Waals surface area contributed by atoms with Crippen molar-refractivity contribution in [3.8, 4) is 0 Å². The van der Waals surface area contributed by atoms with Crippen LogP contribution in [-0.4, -0.2) is 19.4 Å². The number of hydrogen-bond donors (Lipinski definition) is 1. The zero-order valence-electron chi connectivity index (χ0n) is 14.1. The van der Waals surface area contributed by atoms with Gasteiger partial charge in [-0.3, -0.25) is 10.3 Å². The van der Waals surface area contributed by atoms with Gasteiger partial charge in [-0.15, -0.1) is 5.73 Å². The predicted molar refractivity (Wildman–Crippen MR) is 100 cm³/mol. The number of aliphatic imine (C=N–C) groups is 1. The number of allylic oxidation sites excluding steroid dienone is 8. The van der Waals surface area contributed by atoms with Crippen molar-refractivity contribution in [2.24, 2.45) is 4.99 Å². The molecule has 0 aliphatic rings. The van der Waals surface area contributed by atoms with E-state index >= 15 is 0 Å². The first-order valence-electron chi connectivity index (χ1n) is 8.12. The maximum atomic E-state index is 4.37. The maximum Gasteiger partial charge on any atom is 0.0884 e. The van der Waals surface area contributed by atoms with E-state index in [4.69, 9.17) is 0 Å². The summed E-state index contributed by atoms with van der Waals surface area (Å²) in [6.45, 7) is 9.73. The number of nitrogens with one attached hydrogen (secondary N) is 1. The van der Waals surface area contributed by atoms with E-state index in [0.29, 0.717) is 6.67 Å². The molecule has 0 aromatic rings. The molecule has 22 heavy (non-hydrogen) atoms. The van der Waals surface area contributed by atoms with Gasteiger partial charge in [0.2, 0.25) is 0 Å². The van der Waals surface area contributed by atoms with E-state index in [1.807, 2.05) is 42.7 Å². The molecule has 0 aromatic carbocycles. The van der Waals surface area contributed by atoms with Crippen molar-refractivity contribution in [2.45, 2.75) is 39.5 Å². The van der Waals surface area contributed by atoms with Crippen LogP contribution in [0, 0.1) is 0 Å². The van der Waals surface area contributed by atoms with Gasteiger partial charge in [-0.2, -0.15) is 0 Å². The molecule has 0 unspecified atom stereocenters. The first-order chi connectivity index (χ1) is 10.8. The van der Waals surface area contributed by atoms with E-state index in [1.165, 1.54) is 19.3 Å². The highest BCUT2D eigenvalue weighted by Gasteiger charge is 1.86. The Balaban J connectivity index is 4.20. The van der Waals surface area contributed by atoms with Gasteiger partial charge in [-0.1, -0.05) is 69.7 Å². The SMILES string of the molecule is C=C/C=C(\C=N/CNCCCCC)/C=C/C=C=C/C=C\CC. The first kappa shape index (κ1) is 20.1. The highest BCUT2D eigenvalue weighted by molar-refractivity contribution is 5.82. The average Bonchev–Trinajstić information content (AvgIpc) is 2.53. The van der Waals surface area contributed by atoms with E-state index in [2.05, 4.69) is 42.5 Å². The summed E-state index contributed by atoms with van der Waals surface area (Å²) in [6, 6.07) is 0. The van der Waals surface area contributed by atoms with Crippen LogP contribution in [0.5, 0.6) is 0 Å². The summed E-state index contributed by atoms with van der Waals surface area (Å²) in [5.41, 5.74) is 4.10. The van der Waals surface area contributed by atoms with E-state index in [-0.39, 0.29) is 0 Å². The quantitative estimate of drug-likeness (QED) is 0.229. The second kappa shape index (κ2) is 17.2. The second-order valence-corrected chi connectivity index (χ2v) is 4.77. The number of hydrogen-bond acceptors (Lipinski definition) is 2. The normalized spacial score (nSPS) is 12.2. The van der Waals surface area contributed by atoms with Gasteiger partial charge in [0.25, 0.3) is 0 Å². The summed E-state index contributed by atoms with van der Waals surface area (Å²) in [5, 5.41) is 3.31. The van der Waals surface area contributed by atoms with Crippen LogP contribution in [0.15, 0.2) is 71.5 Å². The Morgan fingerprint density at radius 3 is 2.73 bits per heavy atom. The summed E-state index contributed by atoms with van der Waals surface area (Å²) >= 11 is 0. The van der Waals surface area contributed by atoms with Crippen molar-refractivity contribution >= 4 is 6.21 Å². The van der Waals surface area contributed by atoms with Crippen LogP contribution < -0.4 is 5.32 Å². The van der Waals surface area contributed by atoms with Crippen molar-refractivity contribution in [3.05, 3.63) is 66.5 Å². The smallest absolute Gasteiger partial charge is 0.0884 e. The van der Waals surface area contributed by atoms with Crippen LogP contribution >= 0.6 is 0 Å². The van der Waals surface area contributed by atoms with Crippen LogP contribution in [0.4, 0.5) is 0 Å². The molecule has 0 amide bonds. The molecule has 0 heterocycles. The Morgan fingerprint density at radius 1 is 1.18 bits per heavy atom. The Hall–Kier alpha value is -1.89. The molecule has 120 valence electrons. The van der Waals surface area contributed by atoms with Crippen LogP contribution in [0.25, 0.3) is 0 Å². The highest BCUT2D eigenvalue weighted by atomic mass is 15.0. The molecule has 0 aliphatic carbocycles. The third kappa shape index (κ3) is 14.5. The molecule has 2 nitrogen and oxygen atoms in total. The molecule has 0 spiro atoms. The molecule has 0 saturated heterocycles. The molecule has 0 bridgehead atoms. The molecule has 2 heteroatoms. The fraction of sp³-hybridized carbons (Fsp3) is 0.400. The van der Waals surface area contributed by atoms with Crippen molar-refractivity contribution in [2.75, 3.05) is 13.2 Å². The van der Waals surface area contributed by atoms with E-state index in [9.17, 15) is 0 Å². The number of unbranched alkanes of at least 4 members (excludes halogenated alkanes) is 2. The summed E-state index contributed by atoms with van der Waals surface area (Å²) in [7, 11) is 0. The van der Waals surface area contributed by atoms with Gasteiger partial charge < -0.3 is 0 Å². The second-order valence-electron chi connectivity index (χ2n) is 4.77. The molecule has 1 N–H and O–H groups in total. The zero-order valence-corrected chi connectivity index (χ0v) is 14.1. The van der Waals surface area contributed by atoms with Crippen molar-refractivity contribution in [1.82, 2.24) is 5.32 Å². The lowest BCUT2D eigenvalue weighted by Crippen LogP contribution is -2.15. The Kier molecular flexibility index (Phi) is 15.7. The van der Waals surface area contributed by atoms with Crippen LogP contribution in [0.1, 0.15) is 39.5 Å². The zero-order chi connectivity index (χ0) is 16.3. The van der Waals surface area contributed by atoms with Crippen molar-refractivity contribution in [3.63, 3.8) is 0 Å². The molecule has 0 saturated carbocycles. The summed E-state index contributed by atoms with van der Waals surface area (Å²) in [4.78, 5) is 4.37. The maximum absolute atomic E-state index is 4.37. The molecular weight excluding hydrogens is 268 g/mol. The van der Waals surface area contributed by atoms with Gasteiger partial charge >= 0.3 is 0 Å². The highest BCUT2D eigenvalue weighted by Crippen LogP contribution is 1.95. The average molecular weight is 298 g/mol. The van der Waals surface area contributed by atoms with Gasteiger partial charge in [-0.05, 0) is 37.1 Å². The third-order valence-electron chi connectivity index (χ3n) is 2.76. The topological polar surface area (TPSA) is 24.4 Å². The Labute approximate surface area is 136 Å². The van der Waals surface area contributed by atoms with E-state index in [1.54, 1.807) is 6.08 Å². The molecule has 0 aliphatic heterocycles. The van der Waals surface area contributed by atoms with Crippen LogP contribution in [0.3, 0.4) is 0 Å². The fourth-order valence-electron chi connectivity index (χ4n) is 1.60. The van der Waals surface area contributed by atoms with Crippen LogP contribution in [-0.2, 0) is 0 Å². The Bertz CT molecular complexity index is 444. The largest absolute Gasteiger partial charge is 0.298 e. The minimum Gasteiger partial charge on any atom is -0.298 e. The number of nitrogens with zero attached hydrogens (tertiary/aromatic N) is 1. The number of rotatable bonds is 12. The summed E-state index contributed by atoms with van der Waals surface area (Å²) < 4.78 is 0. The minimum atomic E-state index is 0.656. The van der Waals surface area contributed by atoms with E-state index in [0.717, 1.165) is 18.5 Å². The fourth-order valence-corrected chi connectivity index (χ4v) is 1.60. The van der Waals surface area contributed by atoms with Gasteiger partial charge in [0.1, 0.15) is 0 Å². The van der Waals surface area contributed by atoms with Crippen LogP contribution in [0.2, 0.25) is 0 Å². The third-order valence-corrected chi connectivity index (χ3v) is 2.76. The standard InChI is InChI=1S/C20H30N2/c1-4-7-9-10-11-12-13-16-20(15-6-3)18-22-19-21-17-14-8-5-2/h6-7,9-10,12-13,15-16,18,21H,3-5,8,14,17,19H2,1-2H3/b9-7-,16-13+,20-15-,22-18-. The van der Waals surface area contributed by atoms with Crippen molar-refractivity contribution in [1.29, 1.82) is 0 Å². The molecule has 0 fully saturated rings. The molecule has 0 atom stereocenters. The van der Waals surface area contributed by atoms with Crippen molar-refractivity contribution < 1.29 is 0 Å². The molecule has 0 aromatic heterocycles. The molecular formula is C20H30N2. The lowest BCUT2D eigenvalue weighted by molar-refractivity contribution is 0.627. The van der Waals surface area contributed by atoms with Gasteiger partial charge in [0, 0.05) is 6.21 Å². The first-order valence-corrected chi connectivity index (χ1v) is 8.12. The Morgan fingerprint density at radius 2 is 2.00 bits per heavy atom. The van der Waals surface area contributed by atoms with Gasteiger partial charge in [0.05, 0.1) is 6.67 Å². The lowest BCUT2D eigenvalue weighted by atomic mass is 10.2. The molecule has 0 radical (unpaired) electrons. The summed E-state index contributed by atoms with van der Waals surface area (Å²) in [5.74, 6) is 0. The van der Waals surface area contributed by atoms with E-state index < -0.39 is 0 Å². The van der Waals surface area contributed by atoms with Gasteiger partial charge in [-0.25, -0.2) is 0 Å². The monoisotopic (exact) mass is 298 g/mol. The van der Waals surface area contributed by atoms with Gasteiger partial charge in [0.15, 0.2) is 0 Å². The lowest BCUT2D eigenvalue weighted by Gasteiger charge is -1.99. The minimum absolute atomic E-state index is 0.656. The summed E-state index contributed by atoms with van der Waals surface area (Å²) in [6.07, 6.45) is 22.2.